The molecule has 0 atom stereocenters. The molecular formula is C15H12O6. The molecular weight excluding hydrogens is 276 g/mol. The van der Waals surface area contributed by atoms with Crippen LogP contribution in [0.3, 0.4) is 0 Å². The predicted octanol–water partition coefficient (Wildman–Crippen LogP) is 2.52. The van der Waals surface area contributed by atoms with Gasteiger partial charge in [0.05, 0.1) is 11.6 Å². The molecule has 0 aliphatic carbocycles. The Morgan fingerprint density at radius 1 is 1.38 bits per heavy atom. The van der Waals surface area contributed by atoms with Gasteiger partial charge in [0, 0.05) is 6.07 Å². The van der Waals surface area contributed by atoms with Crippen LogP contribution in [0, 0.1) is 6.92 Å². The number of rotatable bonds is 3. The van der Waals surface area contributed by atoms with E-state index in [1.165, 1.54) is 25.3 Å². The predicted molar refractivity (Wildman–Crippen MR) is 74.8 cm³/mol. The Bertz CT molecular complexity index is 915. The lowest BCUT2D eigenvalue weighted by Crippen LogP contribution is -2.08. The highest BCUT2D eigenvalue weighted by atomic mass is 16.5. The van der Waals surface area contributed by atoms with Crippen LogP contribution < -0.4 is 10.2 Å². The molecule has 2 aromatic heterocycles. The molecule has 0 fully saturated rings. The average Bonchev–Trinajstić information content (AvgIpc) is 2.86. The first kappa shape index (κ1) is 13.2. The topological polar surface area (TPSA) is 89.9 Å². The zero-order valence-corrected chi connectivity index (χ0v) is 11.4. The third-order valence-corrected chi connectivity index (χ3v) is 3.06. The molecule has 3 aromatic rings. The van der Waals surface area contributed by atoms with E-state index in [4.69, 9.17) is 13.6 Å². The van der Waals surface area contributed by atoms with E-state index in [0.29, 0.717) is 11.1 Å². The second-order valence-corrected chi connectivity index (χ2v) is 4.76. The van der Waals surface area contributed by atoms with Gasteiger partial charge in [0.25, 0.3) is 0 Å². The monoisotopic (exact) mass is 288 g/mol. The van der Waals surface area contributed by atoms with Gasteiger partial charge in [0.15, 0.2) is 22.4 Å². The van der Waals surface area contributed by atoms with E-state index in [-0.39, 0.29) is 45.9 Å². The third kappa shape index (κ3) is 2.05. The summed E-state index contributed by atoms with van der Waals surface area (Å²) >= 11 is 0. The zero-order chi connectivity index (χ0) is 15.1. The van der Waals surface area contributed by atoms with Crippen molar-refractivity contribution < 1.29 is 23.5 Å². The number of aryl methyl sites for hydroxylation is 1. The molecule has 1 N–H and O–H groups in total. The SMILES string of the molecule is CC(=O)COc1c2occc2c(O)c2c(=O)cc(C)oc12. The number of hydrogen-bond donors (Lipinski definition) is 1. The van der Waals surface area contributed by atoms with Gasteiger partial charge >= 0.3 is 0 Å². The molecule has 1 aromatic carbocycles. The normalized spacial score (nSPS) is 11.1. The first-order valence-electron chi connectivity index (χ1n) is 6.28. The molecule has 0 aliphatic heterocycles. The summed E-state index contributed by atoms with van der Waals surface area (Å²) in [5.74, 6) is 0.0906. The van der Waals surface area contributed by atoms with Gasteiger partial charge in [0.1, 0.15) is 23.5 Å². The van der Waals surface area contributed by atoms with Gasteiger partial charge in [-0.2, -0.15) is 0 Å². The van der Waals surface area contributed by atoms with E-state index in [0.717, 1.165) is 0 Å². The minimum atomic E-state index is -0.387. The zero-order valence-electron chi connectivity index (χ0n) is 11.4. The molecule has 21 heavy (non-hydrogen) atoms. The fourth-order valence-corrected chi connectivity index (χ4v) is 2.21. The van der Waals surface area contributed by atoms with Gasteiger partial charge in [-0.25, -0.2) is 0 Å². The van der Waals surface area contributed by atoms with Crippen molar-refractivity contribution in [3.8, 4) is 11.5 Å². The molecule has 108 valence electrons. The van der Waals surface area contributed by atoms with Crippen LogP contribution in [-0.2, 0) is 4.79 Å². The number of hydrogen-bond acceptors (Lipinski definition) is 6. The van der Waals surface area contributed by atoms with Crippen molar-refractivity contribution in [3.63, 3.8) is 0 Å². The smallest absolute Gasteiger partial charge is 0.207 e. The lowest BCUT2D eigenvalue weighted by molar-refractivity contribution is -0.118. The third-order valence-electron chi connectivity index (χ3n) is 3.06. The van der Waals surface area contributed by atoms with Crippen LogP contribution >= 0.6 is 0 Å². The second-order valence-electron chi connectivity index (χ2n) is 4.76. The average molecular weight is 288 g/mol. The van der Waals surface area contributed by atoms with Crippen LogP contribution in [0.2, 0.25) is 0 Å². The number of fused-ring (bicyclic) bond motifs is 2. The summed E-state index contributed by atoms with van der Waals surface area (Å²) in [4.78, 5) is 23.2. The molecule has 6 nitrogen and oxygen atoms in total. The number of ether oxygens (including phenoxy) is 1. The summed E-state index contributed by atoms with van der Waals surface area (Å²) in [5, 5.41) is 10.6. The van der Waals surface area contributed by atoms with Gasteiger partial charge < -0.3 is 18.7 Å². The van der Waals surface area contributed by atoms with Crippen LogP contribution in [0.15, 0.2) is 32.0 Å². The summed E-state index contributed by atoms with van der Waals surface area (Å²) < 4.78 is 16.2. The highest BCUT2D eigenvalue weighted by Gasteiger charge is 2.22. The molecule has 0 aliphatic rings. The lowest BCUT2D eigenvalue weighted by atomic mass is 10.1. The molecule has 0 saturated heterocycles. The van der Waals surface area contributed by atoms with Crippen LogP contribution in [0.4, 0.5) is 0 Å². The van der Waals surface area contributed by atoms with Gasteiger partial charge in [-0.05, 0) is 19.9 Å². The molecule has 6 heteroatoms. The van der Waals surface area contributed by atoms with Crippen molar-refractivity contribution in [1.29, 1.82) is 0 Å². The number of carbonyl (C=O) groups excluding carboxylic acids is 1. The Labute approximate surface area is 118 Å². The van der Waals surface area contributed by atoms with Crippen molar-refractivity contribution in [3.05, 3.63) is 34.4 Å². The first-order chi connectivity index (χ1) is 9.99. The summed E-state index contributed by atoms with van der Waals surface area (Å²) in [6, 6.07) is 2.80. The summed E-state index contributed by atoms with van der Waals surface area (Å²) in [5.41, 5.74) is -0.0850. The first-order valence-corrected chi connectivity index (χ1v) is 6.28. The summed E-state index contributed by atoms with van der Waals surface area (Å²) in [7, 11) is 0. The largest absolute Gasteiger partial charge is 0.506 e. The van der Waals surface area contributed by atoms with E-state index in [2.05, 4.69) is 0 Å². The number of furan rings is 1. The molecule has 0 saturated carbocycles. The summed E-state index contributed by atoms with van der Waals surface area (Å²) in [6.07, 6.45) is 1.36. The number of ketones is 1. The lowest BCUT2D eigenvalue weighted by Gasteiger charge is -2.09. The molecule has 0 spiro atoms. The van der Waals surface area contributed by atoms with Crippen LogP contribution in [0.25, 0.3) is 21.9 Å². The number of phenols is 1. The highest BCUT2D eigenvalue weighted by Crippen LogP contribution is 2.41. The Balaban J connectivity index is 2.44. The van der Waals surface area contributed by atoms with Crippen LogP contribution in [0.5, 0.6) is 11.5 Å². The van der Waals surface area contributed by atoms with E-state index in [9.17, 15) is 14.7 Å². The maximum Gasteiger partial charge on any atom is 0.207 e. The quantitative estimate of drug-likeness (QED) is 0.796. The second kappa shape index (κ2) is 4.66. The van der Waals surface area contributed by atoms with E-state index in [1.54, 1.807) is 6.92 Å². The minimum Gasteiger partial charge on any atom is -0.506 e. The van der Waals surface area contributed by atoms with Crippen molar-refractivity contribution >= 4 is 27.7 Å². The fourth-order valence-electron chi connectivity index (χ4n) is 2.21. The van der Waals surface area contributed by atoms with Crippen molar-refractivity contribution in [1.82, 2.24) is 0 Å². The molecule has 0 bridgehead atoms. The maximum atomic E-state index is 12.1. The van der Waals surface area contributed by atoms with Gasteiger partial charge in [-0.15, -0.1) is 0 Å². The van der Waals surface area contributed by atoms with Gasteiger partial charge in [-0.3, -0.25) is 9.59 Å². The Morgan fingerprint density at radius 3 is 2.86 bits per heavy atom. The van der Waals surface area contributed by atoms with Gasteiger partial charge in [0.2, 0.25) is 5.75 Å². The maximum absolute atomic E-state index is 12.1. The standard InChI is InChI=1S/C15H12O6/c1-7(16)6-20-15-13-9(3-4-19-13)12(18)11-10(17)5-8(2)21-14(11)15/h3-5,18H,6H2,1-2H3. The van der Waals surface area contributed by atoms with Gasteiger partial charge in [-0.1, -0.05) is 0 Å². The van der Waals surface area contributed by atoms with Crippen LogP contribution in [-0.4, -0.2) is 17.5 Å². The van der Waals surface area contributed by atoms with Crippen molar-refractivity contribution in [2.24, 2.45) is 0 Å². The fraction of sp³-hybridized carbons (Fsp3) is 0.200. The van der Waals surface area contributed by atoms with Crippen LogP contribution in [0.1, 0.15) is 12.7 Å². The summed E-state index contributed by atoms with van der Waals surface area (Å²) in [6.45, 7) is 2.80. The number of phenolic OH excluding ortho intramolecular Hbond substituents is 1. The number of aromatic hydroxyl groups is 1. The number of Topliss-reactive ketones (excluding diaryl/α,β-unsaturated/α-hetero) is 1. The Hall–Kier alpha value is -2.76. The molecule has 0 amide bonds. The number of benzene rings is 1. The molecule has 0 radical (unpaired) electrons. The minimum absolute atomic E-state index is 0.00746. The van der Waals surface area contributed by atoms with E-state index >= 15 is 0 Å². The molecule has 2 heterocycles. The Morgan fingerprint density at radius 2 is 2.14 bits per heavy atom. The highest BCUT2D eigenvalue weighted by molar-refractivity contribution is 6.06. The van der Waals surface area contributed by atoms with E-state index < -0.39 is 0 Å². The van der Waals surface area contributed by atoms with E-state index in [1.807, 2.05) is 0 Å². The van der Waals surface area contributed by atoms with Crippen molar-refractivity contribution in [2.45, 2.75) is 13.8 Å². The molecule has 3 rings (SSSR count). The molecule has 0 unspecified atom stereocenters. The number of carbonyl (C=O) groups is 1. The van der Waals surface area contributed by atoms with Crippen molar-refractivity contribution in [2.75, 3.05) is 6.61 Å². The Kier molecular flexibility index (Phi) is 2.94.